The van der Waals surface area contributed by atoms with E-state index in [2.05, 4.69) is 10.5 Å². The molecule has 0 atom stereocenters. The number of nitrogens with zero attached hydrogens (tertiary/aromatic N) is 2. The number of hydrogen-bond donors (Lipinski definition) is 1. The van der Waals surface area contributed by atoms with Crippen LogP contribution in [0.3, 0.4) is 0 Å². The molecule has 1 amide bonds. The fourth-order valence-electron chi connectivity index (χ4n) is 2.84. The van der Waals surface area contributed by atoms with Crippen molar-refractivity contribution in [3.63, 3.8) is 0 Å². The van der Waals surface area contributed by atoms with Crippen molar-refractivity contribution in [3.05, 3.63) is 102 Å². The average Bonchev–Trinajstić information content (AvgIpc) is 2.78. The molecule has 154 valence electrons. The first-order valence-electron chi connectivity index (χ1n) is 9.52. The maximum Gasteiger partial charge on any atom is 0.255 e. The number of carbonyl (C=O) groups excluding carboxylic acids is 1. The van der Waals surface area contributed by atoms with E-state index >= 15 is 0 Å². The second-order valence-corrected chi connectivity index (χ2v) is 8.53. The summed E-state index contributed by atoms with van der Waals surface area (Å²) in [6.07, 6.45) is 2.01. The molecule has 0 aromatic heterocycles. The van der Waals surface area contributed by atoms with Gasteiger partial charge < -0.3 is 0 Å². The van der Waals surface area contributed by atoms with Crippen LogP contribution in [0.5, 0.6) is 0 Å². The van der Waals surface area contributed by atoms with Crippen LogP contribution in [0.25, 0.3) is 0 Å². The summed E-state index contributed by atoms with van der Waals surface area (Å²) in [5.41, 5.74) is 4.23. The molecule has 0 bridgehead atoms. The summed E-state index contributed by atoms with van der Waals surface area (Å²) in [6.45, 7) is -0.146. The molecule has 0 aliphatic rings. The highest BCUT2D eigenvalue weighted by atomic mass is 32.2. The second kappa shape index (κ2) is 10.5. The number of nitrogens with one attached hydrogen (secondary N) is 1. The fraction of sp³-hybridized carbons (Fsp3) is 0.130. The Kier molecular flexibility index (Phi) is 7.48. The molecule has 0 saturated heterocycles. The van der Waals surface area contributed by atoms with Crippen LogP contribution in [-0.2, 0) is 21.2 Å². The SMILES string of the molecule is O=C(CN(CCc1ccccc1)S(=O)(=O)c1ccccc1)N/N=C/c1ccccc1. The highest BCUT2D eigenvalue weighted by Gasteiger charge is 2.26. The largest absolute Gasteiger partial charge is 0.272 e. The summed E-state index contributed by atoms with van der Waals surface area (Å²) in [5.74, 6) is -0.505. The Labute approximate surface area is 176 Å². The summed E-state index contributed by atoms with van der Waals surface area (Å²) >= 11 is 0. The van der Waals surface area contributed by atoms with Gasteiger partial charge in [0, 0.05) is 6.54 Å². The van der Waals surface area contributed by atoms with Gasteiger partial charge in [-0.15, -0.1) is 0 Å². The Morgan fingerprint density at radius 3 is 2.07 bits per heavy atom. The molecule has 0 radical (unpaired) electrons. The van der Waals surface area contributed by atoms with Gasteiger partial charge in [0.15, 0.2) is 0 Å². The van der Waals surface area contributed by atoms with Crippen LogP contribution in [0.4, 0.5) is 0 Å². The lowest BCUT2D eigenvalue weighted by Crippen LogP contribution is -2.40. The van der Waals surface area contributed by atoms with Crippen molar-refractivity contribution in [2.45, 2.75) is 11.3 Å². The maximum absolute atomic E-state index is 13.1. The van der Waals surface area contributed by atoms with Crippen molar-refractivity contribution in [1.82, 2.24) is 9.73 Å². The average molecular weight is 422 g/mol. The number of rotatable bonds is 9. The molecule has 6 nitrogen and oxygen atoms in total. The van der Waals surface area contributed by atoms with Gasteiger partial charge in [-0.1, -0.05) is 78.9 Å². The van der Waals surface area contributed by atoms with E-state index < -0.39 is 15.9 Å². The molecule has 3 aromatic carbocycles. The zero-order valence-corrected chi connectivity index (χ0v) is 17.2. The van der Waals surface area contributed by atoms with Gasteiger partial charge >= 0.3 is 0 Å². The van der Waals surface area contributed by atoms with E-state index in [1.54, 1.807) is 18.2 Å². The zero-order valence-electron chi connectivity index (χ0n) is 16.4. The molecule has 0 saturated carbocycles. The van der Waals surface area contributed by atoms with E-state index in [9.17, 15) is 13.2 Å². The molecule has 0 aliphatic heterocycles. The van der Waals surface area contributed by atoms with Crippen LogP contribution < -0.4 is 5.43 Å². The monoisotopic (exact) mass is 421 g/mol. The van der Waals surface area contributed by atoms with Crippen LogP contribution in [0.2, 0.25) is 0 Å². The number of hydrazone groups is 1. The van der Waals surface area contributed by atoms with E-state index in [1.165, 1.54) is 22.7 Å². The zero-order chi connectivity index (χ0) is 21.2. The summed E-state index contributed by atoms with van der Waals surface area (Å²) in [5, 5.41) is 3.92. The van der Waals surface area contributed by atoms with Crippen LogP contribution in [0, 0.1) is 0 Å². The fourth-order valence-corrected chi connectivity index (χ4v) is 4.26. The Balaban J connectivity index is 1.71. The molecule has 30 heavy (non-hydrogen) atoms. The highest BCUT2D eigenvalue weighted by Crippen LogP contribution is 2.16. The van der Waals surface area contributed by atoms with Crippen LogP contribution in [-0.4, -0.2) is 37.9 Å². The predicted octanol–water partition coefficient (Wildman–Crippen LogP) is 3.07. The number of amides is 1. The number of sulfonamides is 1. The minimum atomic E-state index is -3.82. The topological polar surface area (TPSA) is 78.8 Å². The molecular formula is C23H23N3O3S. The standard InChI is InChI=1S/C23H23N3O3S/c27-23(25-24-18-21-12-6-2-7-13-21)19-26(17-16-20-10-4-1-5-11-20)30(28,29)22-14-8-3-9-15-22/h1-15,18H,16-17,19H2,(H,25,27)/b24-18+. The lowest BCUT2D eigenvalue weighted by molar-refractivity contribution is -0.121. The Hall–Kier alpha value is -3.29. The molecule has 3 aromatic rings. The molecule has 7 heteroatoms. The maximum atomic E-state index is 13.1. The van der Waals surface area contributed by atoms with Crippen molar-refractivity contribution in [3.8, 4) is 0 Å². The van der Waals surface area contributed by atoms with Crippen molar-refractivity contribution < 1.29 is 13.2 Å². The third-order valence-electron chi connectivity index (χ3n) is 4.40. The Morgan fingerprint density at radius 1 is 0.867 bits per heavy atom. The first-order valence-corrected chi connectivity index (χ1v) is 11.0. The number of carbonyl (C=O) groups is 1. The van der Waals surface area contributed by atoms with Gasteiger partial charge in [-0.2, -0.15) is 9.41 Å². The van der Waals surface area contributed by atoms with Gasteiger partial charge in [-0.3, -0.25) is 4.79 Å². The van der Waals surface area contributed by atoms with Gasteiger partial charge in [0.2, 0.25) is 10.0 Å². The molecule has 3 rings (SSSR count). The predicted molar refractivity (Wildman–Crippen MR) is 118 cm³/mol. The Bertz CT molecular complexity index is 1070. The summed E-state index contributed by atoms with van der Waals surface area (Å²) in [4.78, 5) is 12.6. The van der Waals surface area contributed by atoms with Gasteiger partial charge in [0.05, 0.1) is 17.7 Å². The lowest BCUT2D eigenvalue weighted by Gasteiger charge is -2.21. The normalized spacial score (nSPS) is 11.6. The Morgan fingerprint density at radius 2 is 1.43 bits per heavy atom. The van der Waals surface area contributed by atoms with Gasteiger partial charge in [0.25, 0.3) is 5.91 Å². The van der Waals surface area contributed by atoms with Gasteiger partial charge in [-0.05, 0) is 29.7 Å². The van der Waals surface area contributed by atoms with Crippen LogP contribution >= 0.6 is 0 Å². The third kappa shape index (κ3) is 6.10. The van der Waals surface area contributed by atoms with E-state index in [0.717, 1.165) is 11.1 Å². The van der Waals surface area contributed by atoms with Crippen molar-refractivity contribution in [2.75, 3.05) is 13.1 Å². The van der Waals surface area contributed by atoms with Gasteiger partial charge in [-0.25, -0.2) is 13.8 Å². The lowest BCUT2D eigenvalue weighted by atomic mass is 10.1. The number of hydrogen-bond acceptors (Lipinski definition) is 4. The van der Waals surface area contributed by atoms with E-state index in [0.29, 0.717) is 6.42 Å². The number of benzene rings is 3. The molecule has 1 N–H and O–H groups in total. The van der Waals surface area contributed by atoms with Gasteiger partial charge in [0.1, 0.15) is 0 Å². The summed E-state index contributed by atoms with van der Waals surface area (Å²) < 4.78 is 27.4. The molecule has 0 spiro atoms. The molecule has 0 unspecified atom stereocenters. The minimum absolute atomic E-state index is 0.152. The van der Waals surface area contributed by atoms with E-state index in [-0.39, 0.29) is 18.0 Å². The van der Waals surface area contributed by atoms with Crippen molar-refractivity contribution in [1.29, 1.82) is 0 Å². The van der Waals surface area contributed by atoms with Crippen LogP contribution in [0.1, 0.15) is 11.1 Å². The second-order valence-electron chi connectivity index (χ2n) is 6.59. The molecule has 0 heterocycles. The quantitative estimate of drug-likeness (QED) is 0.426. The molecule has 0 aliphatic carbocycles. The van der Waals surface area contributed by atoms with Crippen molar-refractivity contribution >= 4 is 22.1 Å². The highest BCUT2D eigenvalue weighted by molar-refractivity contribution is 7.89. The first-order chi connectivity index (χ1) is 14.6. The van der Waals surface area contributed by atoms with Crippen LogP contribution in [0.15, 0.2) is 101 Å². The van der Waals surface area contributed by atoms with E-state index in [1.807, 2.05) is 60.7 Å². The summed E-state index contributed by atoms with van der Waals surface area (Å²) in [7, 11) is -3.82. The first kappa shape index (κ1) is 21.4. The third-order valence-corrected chi connectivity index (χ3v) is 6.26. The molecular weight excluding hydrogens is 398 g/mol. The molecule has 0 fully saturated rings. The minimum Gasteiger partial charge on any atom is -0.272 e. The summed E-state index contributed by atoms with van der Waals surface area (Å²) in [6, 6.07) is 27.0. The van der Waals surface area contributed by atoms with Crippen molar-refractivity contribution in [2.24, 2.45) is 5.10 Å². The smallest absolute Gasteiger partial charge is 0.255 e. The van der Waals surface area contributed by atoms with E-state index in [4.69, 9.17) is 0 Å².